The van der Waals surface area contributed by atoms with Crippen LogP contribution in [0.15, 0.2) is 41.0 Å². The molecule has 0 saturated carbocycles. The summed E-state index contributed by atoms with van der Waals surface area (Å²) in [7, 11) is 0. The number of carbonyl (C=O) groups is 1. The number of aromatic nitrogens is 1. The van der Waals surface area contributed by atoms with Crippen molar-refractivity contribution in [3.05, 3.63) is 57.2 Å². The molecule has 0 aliphatic rings. The van der Waals surface area contributed by atoms with Crippen LogP contribution in [0, 0.1) is 0 Å². The van der Waals surface area contributed by atoms with Crippen molar-refractivity contribution in [2.75, 3.05) is 5.32 Å². The lowest BCUT2D eigenvalue weighted by atomic mass is 10.2. The van der Waals surface area contributed by atoms with E-state index in [0.29, 0.717) is 22.3 Å². The molecule has 1 N–H and O–H groups in total. The minimum absolute atomic E-state index is 0.130. The number of benzene rings is 1. The Hall–Kier alpha value is -1.60. The average Bonchev–Trinajstić information content (AvgIpc) is 2.39. The average molecular weight is 380 g/mol. The Morgan fingerprint density at radius 2 is 2.00 bits per heavy atom. The van der Waals surface area contributed by atoms with Gasteiger partial charge in [-0.25, -0.2) is 4.98 Å². The number of anilines is 1. The van der Waals surface area contributed by atoms with Gasteiger partial charge in [0.2, 0.25) is 0 Å². The van der Waals surface area contributed by atoms with E-state index in [1.54, 1.807) is 24.3 Å². The smallest absolute Gasteiger partial charge is 0.305 e. The first-order chi connectivity index (χ1) is 9.77. The van der Waals surface area contributed by atoms with Crippen LogP contribution in [0.5, 0.6) is 0 Å². The quantitative estimate of drug-likeness (QED) is 0.817. The van der Waals surface area contributed by atoms with E-state index in [2.05, 4.69) is 26.2 Å². The number of alkyl halides is 3. The van der Waals surface area contributed by atoms with Gasteiger partial charge in [-0.2, -0.15) is 13.2 Å². The molecule has 2 aromatic rings. The minimum atomic E-state index is -4.54. The molecular formula is C13H7BrClF3N2O. The number of rotatable bonds is 2. The predicted molar refractivity (Wildman–Crippen MR) is 76.3 cm³/mol. The second-order valence-electron chi connectivity index (χ2n) is 4.02. The molecule has 3 nitrogen and oxygen atoms in total. The van der Waals surface area contributed by atoms with Gasteiger partial charge in [0, 0.05) is 16.2 Å². The summed E-state index contributed by atoms with van der Waals surface area (Å²) in [4.78, 5) is 15.5. The molecule has 0 saturated heterocycles. The summed E-state index contributed by atoms with van der Waals surface area (Å²) < 4.78 is 38.1. The molecule has 0 spiro atoms. The number of halogens is 5. The summed E-state index contributed by atoms with van der Waals surface area (Å²) in [6.45, 7) is 0. The first-order valence-corrected chi connectivity index (χ1v) is 6.74. The van der Waals surface area contributed by atoms with Gasteiger partial charge in [-0.1, -0.05) is 33.6 Å². The molecule has 0 unspecified atom stereocenters. The molecule has 1 aromatic heterocycles. The van der Waals surface area contributed by atoms with Gasteiger partial charge >= 0.3 is 6.18 Å². The molecule has 0 aliphatic heterocycles. The maximum atomic E-state index is 12.5. The molecule has 0 radical (unpaired) electrons. The summed E-state index contributed by atoms with van der Waals surface area (Å²) in [6, 6.07) is 7.22. The molecule has 1 aromatic carbocycles. The number of hydrogen-bond acceptors (Lipinski definition) is 2. The van der Waals surface area contributed by atoms with E-state index in [1.807, 2.05) is 0 Å². The number of nitrogens with zero attached hydrogens (tertiary/aromatic N) is 1. The van der Waals surface area contributed by atoms with Gasteiger partial charge in [-0.05, 0) is 24.3 Å². The number of amides is 1. The Labute approximate surface area is 131 Å². The second-order valence-corrected chi connectivity index (χ2v) is 5.34. The largest absolute Gasteiger partial charge is 0.417 e. The maximum absolute atomic E-state index is 12.5. The SMILES string of the molecule is O=C(Nc1ncc(C(F)(F)F)cc1Cl)c1cccc(Br)c1. The molecule has 110 valence electrons. The zero-order valence-electron chi connectivity index (χ0n) is 10.2. The third-order valence-electron chi connectivity index (χ3n) is 2.49. The lowest BCUT2D eigenvalue weighted by Gasteiger charge is -2.10. The van der Waals surface area contributed by atoms with E-state index >= 15 is 0 Å². The number of nitrogens with one attached hydrogen (secondary N) is 1. The van der Waals surface area contributed by atoms with Crippen LogP contribution in [0.3, 0.4) is 0 Å². The summed E-state index contributed by atoms with van der Waals surface area (Å²) in [5.74, 6) is -0.653. The molecule has 1 heterocycles. The first kappa shape index (κ1) is 15.8. The van der Waals surface area contributed by atoms with Gasteiger partial charge in [0.05, 0.1) is 10.6 Å². The van der Waals surface area contributed by atoms with Crippen molar-refractivity contribution in [1.29, 1.82) is 0 Å². The standard InChI is InChI=1S/C13H7BrClF3N2O/c14-9-3-1-2-7(4-9)12(21)20-11-10(15)5-8(6-19-11)13(16,17)18/h1-6H,(H,19,20,21). The van der Waals surface area contributed by atoms with Gasteiger partial charge in [0.1, 0.15) is 0 Å². The predicted octanol–water partition coefficient (Wildman–Crippen LogP) is 4.77. The van der Waals surface area contributed by atoms with Crippen LogP contribution in [0.4, 0.5) is 19.0 Å². The topological polar surface area (TPSA) is 42.0 Å². The van der Waals surface area contributed by atoms with Crippen molar-refractivity contribution in [3.63, 3.8) is 0 Å². The van der Waals surface area contributed by atoms with E-state index in [1.165, 1.54) is 0 Å². The van der Waals surface area contributed by atoms with Crippen molar-refractivity contribution in [1.82, 2.24) is 4.98 Å². The molecule has 1 amide bonds. The van der Waals surface area contributed by atoms with Gasteiger partial charge in [-0.3, -0.25) is 4.79 Å². The molecular weight excluding hydrogens is 373 g/mol. The summed E-state index contributed by atoms with van der Waals surface area (Å²) >= 11 is 8.93. The highest BCUT2D eigenvalue weighted by Crippen LogP contribution is 2.32. The van der Waals surface area contributed by atoms with Gasteiger partial charge in [0.15, 0.2) is 5.82 Å². The van der Waals surface area contributed by atoms with Crippen molar-refractivity contribution in [3.8, 4) is 0 Å². The van der Waals surface area contributed by atoms with E-state index in [0.717, 1.165) is 0 Å². The van der Waals surface area contributed by atoms with Crippen LogP contribution >= 0.6 is 27.5 Å². The highest BCUT2D eigenvalue weighted by molar-refractivity contribution is 9.10. The fourth-order valence-electron chi connectivity index (χ4n) is 1.49. The van der Waals surface area contributed by atoms with Gasteiger partial charge < -0.3 is 5.32 Å². The molecule has 0 atom stereocenters. The lowest BCUT2D eigenvalue weighted by Crippen LogP contribution is -2.14. The van der Waals surface area contributed by atoms with Crippen LogP contribution in [0.1, 0.15) is 15.9 Å². The van der Waals surface area contributed by atoms with Crippen LogP contribution in [-0.4, -0.2) is 10.9 Å². The highest BCUT2D eigenvalue weighted by atomic mass is 79.9. The number of hydrogen-bond donors (Lipinski definition) is 1. The normalized spacial score (nSPS) is 11.3. The summed E-state index contributed by atoms with van der Waals surface area (Å²) in [5, 5.41) is 2.08. The van der Waals surface area contributed by atoms with Crippen molar-refractivity contribution < 1.29 is 18.0 Å². The fourth-order valence-corrected chi connectivity index (χ4v) is 2.11. The number of carbonyl (C=O) groups excluding carboxylic acids is 1. The lowest BCUT2D eigenvalue weighted by molar-refractivity contribution is -0.137. The molecule has 0 bridgehead atoms. The van der Waals surface area contributed by atoms with E-state index in [-0.39, 0.29) is 10.8 Å². The van der Waals surface area contributed by atoms with Gasteiger partial charge in [-0.15, -0.1) is 0 Å². The zero-order chi connectivity index (χ0) is 15.6. The monoisotopic (exact) mass is 378 g/mol. The Balaban J connectivity index is 2.22. The minimum Gasteiger partial charge on any atom is -0.305 e. The van der Waals surface area contributed by atoms with Crippen LogP contribution in [0.2, 0.25) is 5.02 Å². The van der Waals surface area contributed by atoms with Crippen molar-refractivity contribution in [2.24, 2.45) is 0 Å². The molecule has 0 aliphatic carbocycles. The summed E-state index contributed by atoms with van der Waals surface area (Å²) in [5.41, 5.74) is -0.657. The number of pyridine rings is 1. The molecule has 0 fully saturated rings. The summed E-state index contributed by atoms with van der Waals surface area (Å²) in [6.07, 6.45) is -3.92. The Bertz CT molecular complexity index is 691. The highest BCUT2D eigenvalue weighted by Gasteiger charge is 2.31. The Morgan fingerprint density at radius 3 is 2.57 bits per heavy atom. The third kappa shape index (κ3) is 3.95. The second kappa shape index (κ2) is 6.03. The van der Waals surface area contributed by atoms with Crippen molar-refractivity contribution in [2.45, 2.75) is 6.18 Å². The third-order valence-corrected chi connectivity index (χ3v) is 3.27. The van der Waals surface area contributed by atoms with Crippen LogP contribution in [-0.2, 0) is 6.18 Å². The van der Waals surface area contributed by atoms with Gasteiger partial charge in [0.25, 0.3) is 5.91 Å². The fraction of sp³-hybridized carbons (Fsp3) is 0.0769. The Morgan fingerprint density at radius 1 is 1.29 bits per heavy atom. The van der Waals surface area contributed by atoms with E-state index in [4.69, 9.17) is 11.6 Å². The zero-order valence-corrected chi connectivity index (χ0v) is 12.6. The first-order valence-electron chi connectivity index (χ1n) is 5.57. The molecule has 2 rings (SSSR count). The van der Waals surface area contributed by atoms with Crippen LogP contribution in [0.25, 0.3) is 0 Å². The molecule has 8 heteroatoms. The van der Waals surface area contributed by atoms with E-state index in [9.17, 15) is 18.0 Å². The maximum Gasteiger partial charge on any atom is 0.417 e. The van der Waals surface area contributed by atoms with Crippen LogP contribution < -0.4 is 5.32 Å². The Kier molecular flexibility index (Phi) is 4.53. The van der Waals surface area contributed by atoms with Crippen molar-refractivity contribution >= 4 is 39.3 Å². The molecule has 21 heavy (non-hydrogen) atoms. The van der Waals surface area contributed by atoms with E-state index < -0.39 is 17.6 Å².